The molecule has 0 unspecified atom stereocenters. The van der Waals surface area contributed by atoms with E-state index in [0.29, 0.717) is 28.0 Å². The fourth-order valence-corrected chi connectivity index (χ4v) is 2.25. The summed E-state index contributed by atoms with van der Waals surface area (Å²) in [4.78, 5) is 12.1. The Kier molecular flexibility index (Phi) is 5.48. The lowest BCUT2D eigenvalue weighted by molar-refractivity contribution is 0.0921. The highest BCUT2D eigenvalue weighted by Crippen LogP contribution is 2.32. The molecule has 0 aliphatic rings. The number of rotatable bonds is 6. The Bertz CT molecular complexity index is 604. The first kappa shape index (κ1) is 15.7. The molecule has 0 aliphatic heterocycles. The van der Waals surface area contributed by atoms with Crippen molar-refractivity contribution in [2.45, 2.75) is 6.92 Å². The van der Waals surface area contributed by atoms with Gasteiger partial charge in [0.15, 0.2) is 18.1 Å². The number of ether oxygens (including phenoxy) is 2. The van der Waals surface area contributed by atoms with Crippen molar-refractivity contribution >= 4 is 29.0 Å². The Hall–Kier alpha value is -1.71. The zero-order valence-electron chi connectivity index (χ0n) is 11.4. The first-order chi connectivity index (χ1) is 10.1. The molecular weight excluding hydrogens is 311 g/mol. The molecule has 0 aliphatic carbocycles. The molecule has 2 aromatic carbocycles. The molecule has 0 amide bonds. The standard InChI is InChI=1S/C16H14Cl2O3/c1-2-20-12-8-6-11(7-9-12)15(19)10-21-16-13(17)4-3-5-14(16)18/h3-9H,2,10H2,1H3. The van der Waals surface area contributed by atoms with Crippen LogP contribution in [0.3, 0.4) is 0 Å². The SMILES string of the molecule is CCOc1ccc(C(=O)COc2c(Cl)cccc2Cl)cc1. The Balaban J connectivity index is 2.01. The van der Waals surface area contributed by atoms with Gasteiger partial charge in [-0.15, -0.1) is 0 Å². The van der Waals surface area contributed by atoms with Gasteiger partial charge >= 0.3 is 0 Å². The van der Waals surface area contributed by atoms with Gasteiger partial charge < -0.3 is 9.47 Å². The van der Waals surface area contributed by atoms with Gasteiger partial charge in [0, 0.05) is 5.56 Å². The van der Waals surface area contributed by atoms with E-state index in [-0.39, 0.29) is 12.4 Å². The normalized spacial score (nSPS) is 10.2. The molecule has 110 valence electrons. The van der Waals surface area contributed by atoms with Crippen LogP contribution in [0, 0.1) is 0 Å². The summed E-state index contributed by atoms with van der Waals surface area (Å²) in [7, 11) is 0. The summed E-state index contributed by atoms with van der Waals surface area (Å²) in [5, 5.41) is 0.754. The van der Waals surface area contributed by atoms with Crippen molar-refractivity contribution < 1.29 is 14.3 Å². The zero-order chi connectivity index (χ0) is 15.2. The Labute approximate surface area is 133 Å². The predicted molar refractivity (Wildman–Crippen MR) is 83.9 cm³/mol. The number of hydrogen-bond donors (Lipinski definition) is 0. The number of hydrogen-bond acceptors (Lipinski definition) is 3. The van der Waals surface area contributed by atoms with Crippen LogP contribution >= 0.6 is 23.2 Å². The van der Waals surface area contributed by atoms with Gasteiger partial charge in [-0.2, -0.15) is 0 Å². The monoisotopic (exact) mass is 324 g/mol. The molecule has 0 bridgehead atoms. The van der Waals surface area contributed by atoms with Crippen molar-refractivity contribution in [1.29, 1.82) is 0 Å². The van der Waals surface area contributed by atoms with Gasteiger partial charge in [0.1, 0.15) is 5.75 Å². The van der Waals surface area contributed by atoms with Crippen LogP contribution < -0.4 is 9.47 Å². The predicted octanol–water partition coefficient (Wildman–Crippen LogP) is 4.65. The molecule has 0 heterocycles. The van der Waals surface area contributed by atoms with E-state index in [0.717, 1.165) is 5.75 Å². The summed E-state index contributed by atoms with van der Waals surface area (Å²) in [6.07, 6.45) is 0. The summed E-state index contributed by atoms with van der Waals surface area (Å²) in [6, 6.07) is 11.9. The van der Waals surface area contributed by atoms with Crippen LogP contribution in [0.2, 0.25) is 10.0 Å². The van der Waals surface area contributed by atoms with Gasteiger partial charge in [-0.1, -0.05) is 29.3 Å². The van der Waals surface area contributed by atoms with Crippen molar-refractivity contribution in [2.24, 2.45) is 0 Å². The summed E-state index contributed by atoms with van der Waals surface area (Å²) in [6.45, 7) is 2.36. The Morgan fingerprint density at radius 2 is 1.62 bits per heavy atom. The van der Waals surface area contributed by atoms with E-state index < -0.39 is 0 Å². The molecule has 0 aromatic heterocycles. The minimum absolute atomic E-state index is 0.128. The molecule has 0 saturated carbocycles. The molecule has 3 nitrogen and oxygen atoms in total. The lowest BCUT2D eigenvalue weighted by Crippen LogP contribution is -2.12. The van der Waals surface area contributed by atoms with E-state index in [4.69, 9.17) is 32.7 Å². The van der Waals surface area contributed by atoms with E-state index in [1.807, 2.05) is 6.92 Å². The third-order valence-corrected chi connectivity index (χ3v) is 3.35. The first-order valence-corrected chi connectivity index (χ1v) is 7.20. The molecule has 5 heteroatoms. The first-order valence-electron chi connectivity index (χ1n) is 6.44. The van der Waals surface area contributed by atoms with Crippen molar-refractivity contribution in [3.05, 3.63) is 58.1 Å². The van der Waals surface area contributed by atoms with Gasteiger partial charge in [0.05, 0.1) is 16.7 Å². The van der Waals surface area contributed by atoms with Crippen LogP contribution in [0.4, 0.5) is 0 Å². The number of benzene rings is 2. The highest BCUT2D eigenvalue weighted by Gasteiger charge is 2.11. The van der Waals surface area contributed by atoms with Crippen LogP contribution in [0.5, 0.6) is 11.5 Å². The average Bonchev–Trinajstić information content (AvgIpc) is 2.47. The van der Waals surface area contributed by atoms with Crippen molar-refractivity contribution in [2.75, 3.05) is 13.2 Å². The summed E-state index contributed by atoms with van der Waals surface area (Å²) in [5.74, 6) is 0.887. The summed E-state index contributed by atoms with van der Waals surface area (Å²) >= 11 is 12.0. The average molecular weight is 325 g/mol. The Morgan fingerprint density at radius 3 is 2.19 bits per heavy atom. The lowest BCUT2D eigenvalue weighted by Gasteiger charge is -2.09. The third kappa shape index (κ3) is 4.13. The minimum Gasteiger partial charge on any atom is -0.494 e. The van der Waals surface area contributed by atoms with Gasteiger partial charge in [0.25, 0.3) is 0 Å². The maximum absolute atomic E-state index is 12.1. The quantitative estimate of drug-likeness (QED) is 0.725. The number of halogens is 2. The van der Waals surface area contributed by atoms with Crippen LogP contribution in [-0.2, 0) is 0 Å². The van der Waals surface area contributed by atoms with Crippen LogP contribution in [0.15, 0.2) is 42.5 Å². The highest BCUT2D eigenvalue weighted by atomic mass is 35.5. The van der Waals surface area contributed by atoms with Crippen molar-refractivity contribution in [3.8, 4) is 11.5 Å². The largest absolute Gasteiger partial charge is 0.494 e. The fourth-order valence-electron chi connectivity index (χ4n) is 1.75. The van der Waals surface area contributed by atoms with E-state index in [1.54, 1.807) is 42.5 Å². The van der Waals surface area contributed by atoms with Crippen LogP contribution in [0.1, 0.15) is 17.3 Å². The van der Waals surface area contributed by atoms with Crippen molar-refractivity contribution in [1.82, 2.24) is 0 Å². The molecule has 2 rings (SSSR count). The molecule has 0 N–H and O–H groups in total. The smallest absolute Gasteiger partial charge is 0.200 e. The van der Waals surface area contributed by atoms with E-state index in [9.17, 15) is 4.79 Å². The molecule has 2 aromatic rings. The van der Waals surface area contributed by atoms with Gasteiger partial charge in [-0.05, 0) is 43.3 Å². The Morgan fingerprint density at radius 1 is 1.00 bits per heavy atom. The molecule has 0 saturated heterocycles. The molecule has 0 atom stereocenters. The topological polar surface area (TPSA) is 35.5 Å². The second kappa shape index (κ2) is 7.34. The van der Waals surface area contributed by atoms with Gasteiger partial charge in [-0.3, -0.25) is 4.79 Å². The van der Waals surface area contributed by atoms with Gasteiger partial charge in [0.2, 0.25) is 0 Å². The number of Topliss-reactive ketones (excluding diaryl/α,β-unsaturated/α-hetero) is 1. The van der Waals surface area contributed by atoms with Gasteiger partial charge in [-0.25, -0.2) is 0 Å². The lowest BCUT2D eigenvalue weighted by atomic mass is 10.1. The third-order valence-electron chi connectivity index (χ3n) is 2.75. The number of carbonyl (C=O) groups is 1. The zero-order valence-corrected chi connectivity index (χ0v) is 12.9. The summed E-state index contributed by atoms with van der Waals surface area (Å²) < 4.78 is 10.7. The van der Waals surface area contributed by atoms with E-state index >= 15 is 0 Å². The molecule has 0 spiro atoms. The number of ketones is 1. The van der Waals surface area contributed by atoms with E-state index in [2.05, 4.69) is 0 Å². The molecular formula is C16H14Cl2O3. The maximum Gasteiger partial charge on any atom is 0.200 e. The summed E-state index contributed by atoms with van der Waals surface area (Å²) in [5.41, 5.74) is 0.543. The number of carbonyl (C=O) groups excluding carboxylic acids is 1. The van der Waals surface area contributed by atoms with Crippen LogP contribution in [0.25, 0.3) is 0 Å². The molecule has 0 fully saturated rings. The second-order valence-corrected chi connectivity index (χ2v) is 5.03. The van der Waals surface area contributed by atoms with E-state index in [1.165, 1.54) is 0 Å². The molecule has 0 radical (unpaired) electrons. The maximum atomic E-state index is 12.1. The highest BCUT2D eigenvalue weighted by molar-refractivity contribution is 6.37. The number of para-hydroxylation sites is 1. The van der Waals surface area contributed by atoms with Crippen LogP contribution in [-0.4, -0.2) is 19.0 Å². The second-order valence-electron chi connectivity index (χ2n) is 4.22. The molecule has 21 heavy (non-hydrogen) atoms. The van der Waals surface area contributed by atoms with Crippen molar-refractivity contribution in [3.63, 3.8) is 0 Å². The fraction of sp³-hybridized carbons (Fsp3) is 0.188. The minimum atomic E-state index is -0.158.